The van der Waals surface area contributed by atoms with Crippen molar-refractivity contribution in [3.8, 4) is 11.5 Å². The predicted molar refractivity (Wildman–Crippen MR) is 123 cm³/mol. The lowest BCUT2D eigenvalue weighted by molar-refractivity contribution is -0.133. The summed E-state index contributed by atoms with van der Waals surface area (Å²) in [5.41, 5.74) is -0.171. The Morgan fingerprint density at radius 1 is 1.17 bits per heavy atom. The molecule has 0 fully saturated rings. The number of H-pyrrole nitrogens is 1. The van der Waals surface area contributed by atoms with E-state index in [-0.39, 0.29) is 28.6 Å². The Balaban J connectivity index is 1.80. The molecular formula is C21H20ClFN4O7S. The Kier molecular flexibility index (Phi) is 8.07. The van der Waals surface area contributed by atoms with Crippen LogP contribution in [-0.2, 0) is 21.4 Å². The number of hydrogen-bond acceptors (Lipinski definition) is 7. The molecule has 0 spiro atoms. The van der Waals surface area contributed by atoms with Crippen LogP contribution in [0.25, 0.3) is 0 Å². The number of likely N-dealkylation sites (N-methyl/N-ethyl adjacent to an activating group) is 1. The summed E-state index contributed by atoms with van der Waals surface area (Å²) in [5, 5.41) is 8.85. The maximum Gasteiger partial charge on any atom is 0.328 e. The molecule has 1 amide bonds. The van der Waals surface area contributed by atoms with Crippen molar-refractivity contribution in [1.29, 1.82) is 0 Å². The predicted octanol–water partition coefficient (Wildman–Crippen LogP) is 1.71. The van der Waals surface area contributed by atoms with E-state index in [1.165, 1.54) is 54.0 Å². The van der Waals surface area contributed by atoms with E-state index in [0.29, 0.717) is 5.75 Å². The number of hydroxylamine groups is 1. The van der Waals surface area contributed by atoms with E-state index < -0.39 is 39.0 Å². The Hall–Kier alpha value is -3.52. The number of aromatic amines is 1. The van der Waals surface area contributed by atoms with Crippen LogP contribution in [0.15, 0.2) is 69.2 Å². The van der Waals surface area contributed by atoms with Crippen LogP contribution in [0.2, 0.25) is 5.02 Å². The van der Waals surface area contributed by atoms with Crippen molar-refractivity contribution in [2.45, 2.75) is 23.9 Å². The quantitative estimate of drug-likeness (QED) is 0.283. The maximum atomic E-state index is 13.1. The number of aromatic nitrogens is 2. The standard InChI is InChI=1S/C21H20ClFN4O7S/c1-26(18(20(29)25-31)10-11-27-12-17(22)19(28)24-21(27)30)35(32,33)16-8-6-15(7-9-16)34-14-4-2-13(23)3-5-14/h2-9,12,18,31H,10-11H2,1H3,(H,25,29)(H,24,28,30). The molecule has 11 nitrogen and oxygen atoms in total. The van der Waals surface area contributed by atoms with Crippen LogP contribution >= 0.6 is 11.6 Å². The molecule has 0 aliphatic rings. The Morgan fingerprint density at radius 2 is 1.74 bits per heavy atom. The lowest BCUT2D eigenvalue weighted by Crippen LogP contribution is -2.47. The van der Waals surface area contributed by atoms with Gasteiger partial charge in [0.1, 0.15) is 28.4 Å². The molecule has 14 heteroatoms. The van der Waals surface area contributed by atoms with Crippen LogP contribution in [0.3, 0.4) is 0 Å². The van der Waals surface area contributed by atoms with Crippen molar-refractivity contribution in [1.82, 2.24) is 19.3 Å². The lowest BCUT2D eigenvalue weighted by Gasteiger charge is -2.26. The van der Waals surface area contributed by atoms with Gasteiger partial charge in [-0.25, -0.2) is 23.1 Å². The van der Waals surface area contributed by atoms with Crippen LogP contribution in [0.4, 0.5) is 4.39 Å². The molecular weight excluding hydrogens is 507 g/mol. The number of benzene rings is 2. The van der Waals surface area contributed by atoms with Gasteiger partial charge in [0, 0.05) is 19.8 Å². The second-order valence-electron chi connectivity index (χ2n) is 7.26. The number of nitrogens with one attached hydrogen (secondary N) is 2. The van der Waals surface area contributed by atoms with Gasteiger partial charge in [0.2, 0.25) is 10.0 Å². The molecule has 0 aliphatic heterocycles. The first-order chi connectivity index (χ1) is 16.5. The number of nitrogens with zero attached hydrogens (tertiary/aromatic N) is 2. The Morgan fingerprint density at radius 3 is 2.31 bits per heavy atom. The summed E-state index contributed by atoms with van der Waals surface area (Å²) in [4.78, 5) is 37.4. The summed E-state index contributed by atoms with van der Waals surface area (Å²) in [5.74, 6) is -0.832. The minimum Gasteiger partial charge on any atom is -0.457 e. The second kappa shape index (κ2) is 10.8. The average Bonchev–Trinajstić information content (AvgIpc) is 2.83. The zero-order valence-corrected chi connectivity index (χ0v) is 19.7. The number of sulfonamides is 1. The summed E-state index contributed by atoms with van der Waals surface area (Å²) < 4.78 is 46.6. The van der Waals surface area contributed by atoms with E-state index in [0.717, 1.165) is 22.1 Å². The van der Waals surface area contributed by atoms with Crippen LogP contribution in [-0.4, -0.2) is 46.5 Å². The summed E-state index contributed by atoms with van der Waals surface area (Å²) >= 11 is 5.72. The van der Waals surface area contributed by atoms with Crippen molar-refractivity contribution in [3.05, 3.63) is 86.4 Å². The first-order valence-electron chi connectivity index (χ1n) is 9.97. The number of aryl methyl sites for hydroxylation is 1. The molecule has 0 saturated carbocycles. The third-order valence-electron chi connectivity index (χ3n) is 5.01. The van der Waals surface area contributed by atoms with Crippen LogP contribution in [0.1, 0.15) is 6.42 Å². The zero-order valence-electron chi connectivity index (χ0n) is 18.1. The second-order valence-corrected chi connectivity index (χ2v) is 9.66. The lowest BCUT2D eigenvalue weighted by atomic mass is 10.2. The molecule has 3 N–H and O–H groups in total. The first-order valence-corrected chi connectivity index (χ1v) is 11.8. The molecule has 2 aromatic carbocycles. The number of amides is 1. The molecule has 1 atom stereocenters. The number of halogens is 2. The molecule has 1 unspecified atom stereocenters. The fourth-order valence-corrected chi connectivity index (χ4v) is 4.63. The van der Waals surface area contributed by atoms with E-state index in [2.05, 4.69) is 0 Å². The summed E-state index contributed by atoms with van der Waals surface area (Å²) in [6.45, 7) is -0.197. The van der Waals surface area contributed by atoms with Crippen LogP contribution in [0, 0.1) is 5.82 Å². The van der Waals surface area contributed by atoms with E-state index in [9.17, 15) is 27.2 Å². The largest absolute Gasteiger partial charge is 0.457 e. The number of rotatable bonds is 9. The first kappa shape index (κ1) is 26.1. The van der Waals surface area contributed by atoms with E-state index in [1.54, 1.807) is 0 Å². The summed E-state index contributed by atoms with van der Waals surface area (Å²) in [6, 6.07) is 9.10. The topological polar surface area (TPSA) is 151 Å². The van der Waals surface area contributed by atoms with Crippen molar-refractivity contribution in [2.24, 2.45) is 0 Å². The van der Waals surface area contributed by atoms with Gasteiger partial charge >= 0.3 is 5.69 Å². The van der Waals surface area contributed by atoms with E-state index in [4.69, 9.17) is 21.5 Å². The molecule has 0 aliphatic carbocycles. The minimum absolute atomic E-state index is 0.175. The third kappa shape index (κ3) is 6.14. The highest BCUT2D eigenvalue weighted by atomic mass is 35.5. The molecule has 35 heavy (non-hydrogen) atoms. The van der Waals surface area contributed by atoms with Gasteiger partial charge in [0.05, 0.1) is 4.90 Å². The highest BCUT2D eigenvalue weighted by molar-refractivity contribution is 7.89. The fraction of sp³-hybridized carbons (Fsp3) is 0.190. The molecule has 3 aromatic rings. The SMILES string of the molecule is CN(C(CCn1cc(Cl)c(=O)[nH]c1=O)C(=O)NO)S(=O)(=O)c1ccc(Oc2ccc(F)cc2)cc1. The van der Waals surface area contributed by atoms with Gasteiger partial charge in [-0.05, 0) is 55.0 Å². The molecule has 186 valence electrons. The van der Waals surface area contributed by atoms with Crippen LogP contribution < -0.4 is 21.5 Å². The maximum absolute atomic E-state index is 13.1. The Labute approximate surface area is 203 Å². The van der Waals surface area contributed by atoms with Crippen molar-refractivity contribution >= 4 is 27.5 Å². The molecule has 0 bridgehead atoms. The van der Waals surface area contributed by atoms with Gasteiger partial charge in [-0.2, -0.15) is 4.31 Å². The number of carbonyl (C=O) groups excluding carboxylic acids is 1. The van der Waals surface area contributed by atoms with Crippen LogP contribution in [0.5, 0.6) is 11.5 Å². The third-order valence-corrected chi connectivity index (χ3v) is 7.16. The summed E-state index contributed by atoms with van der Waals surface area (Å²) in [7, 11) is -3.09. The molecule has 1 aromatic heterocycles. The molecule has 3 rings (SSSR count). The van der Waals surface area contributed by atoms with Gasteiger partial charge in [-0.3, -0.25) is 24.3 Å². The molecule has 0 radical (unpaired) electrons. The highest BCUT2D eigenvalue weighted by Gasteiger charge is 2.33. The fourth-order valence-electron chi connectivity index (χ4n) is 3.11. The van der Waals surface area contributed by atoms with Gasteiger partial charge in [-0.1, -0.05) is 11.6 Å². The minimum atomic E-state index is -4.23. The van der Waals surface area contributed by atoms with Gasteiger partial charge < -0.3 is 4.74 Å². The van der Waals surface area contributed by atoms with Crippen molar-refractivity contribution in [2.75, 3.05) is 7.05 Å². The number of hydrogen-bond donors (Lipinski definition) is 3. The smallest absolute Gasteiger partial charge is 0.328 e. The van der Waals surface area contributed by atoms with Crippen molar-refractivity contribution in [3.63, 3.8) is 0 Å². The monoisotopic (exact) mass is 526 g/mol. The average molecular weight is 527 g/mol. The normalized spacial score (nSPS) is 12.4. The molecule has 0 saturated heterocycles. The zero-order chi connectivity index (χ0) is 25.8. The van der Waals surface area contributed by atoms with Gasteiger partial charge in [0.25, 0.3) is 11.5 Å². The van der Waals surface area contributed by atoms with E-state index in [1.807, 2.05) is 4.98 Å². The number of carbonyl (C=O) groups is 1. The van der Waals surface area contributed by atoms with E-state index >= 15 is 0 Å². The Bertz CT molecular complexity index is 1420. The highest BCUT2D eigenvalue weighted by Crippen LogP contribution is 2.25. The van der Waals surface area contributed by atoms with Gasteiger partial charge in [0.15, 0.2) is 0 Å². The van der Waals surface area contributed by atoms with Crippen molar-refractivity contribution < 1.29 is 27.5 Å². The molecule has 1 heterocycles. The van der Waals surface area contributed by atoms with Gasteiger partial charge in [-0.15, -0.1) is 0 Å². The summed E-state index contributed by atoms with van der Waals surface area (Å²) in [6.07, 6.45) is 0.821. The number of ether oxygens (including phenoxy) is 1.